The van der Waals surface area contributed by atoms with Gasteiger partial charge in [-0.1, -0.05) is 27.7 Å². The monoisotopic (exact) mass is 195 g/mol. The molecular formula is C11H17NS. The minimum absolute atomic E-state index is 0.526. The van der Waals surface area contributed by atoms with Crippen LogP contribution in [0.2, 0.25) is 0 Å². The van der Waals surface area contributed by atoms with Crippen LogP contribution in [0.25, 0.3) is 0 Å². The third-order valence-electron chi connectivity index (χ3n) is 1.72. The fraction of sp³-hybridized carbons (Fsp3) is 0.545. The van der Waals surface area contributed by atoms with Gasteiger partial charge < -0.3 is 0 Å². The standard InChI is InChI=1S/C11H17NS/c1-8(2)11-6-5-10(7-12-11)13-9(3)4/h5-9H,1-4H3. The molecule has 0 aliphatic rings. The molecule has 1 nitrogen and oxygen atoms in total. The summed E-state index contributed by atoms with van der Waals surface area (Å²) in [6, 6.07) is 4.28. The van der Waals surface area contributed by atoms with Crippen molar-refractivity contribution >= 4 is 11.8 Å². The van der Waals surface area contributed by atoms with E-state index in [1.807, 2.05) is 18.0 Å². The van der Waals surface area contributed by atoms with Crippen LogP contribution in [0, 0.1) is 0 Å². The van der Waals surface area contributed by atoms with Crippen LogP contribution in [0.15, 0.2) is 23.2 Å². The number of aromatic nitrogens is 1. The maximum absolute atomic E-state index is 4.41. The minimum Gasteiger partial charge on any atom is -0.260 e. The molecule has 0 unspecified atom stereocenters. The average Bonchev–Trinajstić information content (AvgIpc) is 2.04. The largest absolute Gasteiger partial charge is 0.260 e. The Morgan fingerprint density at radius 3 is 2.23 bits per heavy atom. The van der Waals surface area contributed by atoms with Crippen molar-refractivity contribution in [2.24, 2.45) is 0 Å². The lowest BCUT2D eigenvalue weighted by molar-refractivity contribution is 0.818. The smallest absolute Gasteiger partial charge is 0.0429 e. The van der Waals surface area contributed by atoms with E-state index in [0.29, 0.717) is 11.2 Å². The summed E-state index contributed by atoms with van der Waals surface area (Å²) >= 11 is 1.86. The van der Waals surface area contributed by atoms with Gasteiger partial charge in [0, 0.05) is 22.0 Å². The molecule has 0 fully saturated rings. The van der Waals surface area contributed by atoms with Gasteiger partial charge in [-0.2, -0.15) is 0 Å². The molecule has 0 aliphatic heterocycles. The molecule has 2 heteroatoms. The van der Waals surface area contributed by atoms with Crippen LogP contribution in [-0.2, 0) is 0 Å². The van der Waals surface area contributed by atoms with E-state index in [1.165, 1.54) is 10.6 Å². The SMILES string of the molecule is CC(C)Sc1ccc(C(C)C)nc1. The first kappa shape index (κ1) is 10.6. The highest BCUT2D eigenvalue weighted by atomic mass is 32.2. The molecule has 0 bridgehead atoms. The molecule has 0 N–H and O–H groups in total. The van der Waals surface area contributed by atoms with Crippen molar-refractivity contribution < 1.29 is 0 Å². The highest BCUT2D eigenvalue weighted by Crippen LogP contribution is 2.23. The first-order valence-corrected chi connectivity index (χ1v) is 5.60. The summed E-state index contributed by atoms with van der Waals surface area (Å²) in [4.78, 5) is 5.67. The molecule has 1 rings (SSSR count). The number of thioether (sulfide) groups is 1. The molecule has 0 saturated heterocycles. The lowest BCUT2D eigenvalue weighted by Gasteiger charge is -2.07. The van der Waals surface area contributed by atoms with Crippen LogP contribution in [0.4, 0.5) is 0 Å². The van der Waals surface area contributed by atoms with Crippen molar-refractivity contribution in [3.8, 4) is 0 Å². The van der Waals surface area contributed by atoms with Crippen LogP contribution in [0.1, 0.15) is 39.3 Å². The molecular weight excluding hydrogens is 178 g/mol. The number of rotatable bonds is 3. The summed E-state index contributed by atoms with van der Waals surface area (Å²) in [5.41, 5.74) is 1.17. The summed E-state index contributed by atoms with van der Waals surface area (Å²) in [5, 5.41) is 0.631. The molecule has 13 heavy (non-hydrogen) atoms. The Morgan fingerprint density at radius 1 is 1.15 bits per heavy atom. The van der Waals surface area contributed by atoms with Crippen molar-refractivity contribution in [2.75, 3.05) is 0 Å². The lowest BCUT2D eigenvalue weighted by atomic mass is 10.1. The average molecular weight is 195 g/mol. The van der Waals surface area contributed by atoms with Crippen LogP contribution in [0.3, 0.4) is 0 Å². The topological polar surface area (TPSA) is 12.9 Å². The Kier molecular flexibility index (Phi) is 3.79. The van der Waals surface area contributed by atoms with E-state index >= 15 is 0 Å². The Balaban J connectivity index is 2.70. The highest BCUT2D eigenvalue weighted by Gasteiger charge is 2.01. The molecule has 1 heterocycles. The van der Waals surface area contributed by atoms with E-state index in [4.69, 9.17) is 0 Å². The zero-order valence-electron chi connectivity index (χ0n) is 8.74. The molecule has 72 valence electrons. The number of hydrogen-bond acceptors (Lipinski definition) is 2. The molecule has 1 aromatic heterocycles. The Hall–Kier alpha value is -0.500. The van der Waals surface area contributed by atoms with E-state index in [2.05, 4.69) is 44.8 Å². The van der Waals surface area contributed by atoms with Crippen molar-refractivity contribution in [3.05, 3.63) is 24.0 Å². The van der Waals surface area contributed by atoms with Gasteiger partial charge in [-0.05, 0) is 18.1 Å². The second-order valence-electron chi connectivity index (χ2n) is 3.74. The summed E-state index contributed by atoms with van der Waals surface area (Å²) in [5.74, 6) is 0.526. The number of hydrogen-bond donors (Lipinski definition) is 0. The van der Waals surface area contributed by atoms with E-state index in [-0.39, 0.29) is 0 Å². The number of pyridine rings is 1. The van der Waals surface area contributed by atoms with Gasteiger partial charge in [0.2, 0.25) is 0 Å². The van der Waals surface area contributed by atoms with Gasteiger partial charge in [-0.3, -0.25) is 4.98 Å². The molecule has 1 aromatic rings. The molecule has 0 radical (unpaired) electrons. The van der Waals surface area contributed by atoms with Crippen molar-refractivity contribution in [2.45, 2.75) is 43.8 Å². The van der Waals surface area contributed by atoms with Gasteiger partial charge in [0.15, 0.2) is 0 Å². The summed E-state index contributed by atoms with van der Waals surface area (Å²) < 4.78 is 0. The van der Waals surface area contributed by atoms with Crippen LogP contribution in [-0.4, -0.2) is 10.2 Å². The molecule has 0 aliphatic carbocycles. The van der Waals surface area contributed by atoms with Gasteiger partial charge in [0.25, 0.3) is 0 Å². The Morgan fingerprint density at radius 2 is 1.85 bits per heavy atom. The van der Waals surface area contributed by atoms with Gasteiger partial charge in [-0.15, -0.1) is 11.8 Å². The second-order valence-corrected chi connectivity index (χ2v) is 5.39. The molecule has 0 spiro atoms. The number of nitrogens with zero attached hydrogens (tertiary/aromatic N) is 1. The van der Waals surface area contributed by atoms with Gasteiger partial charge >= 0.3 is 0 Å². The van der Waals surface area contributed by atoms with Crippen molar-refractivity contribution in [1.82, 2.24) is 4.98 Å². The van der Waals surface area contributed by atoms with Crippen LogP contribution in [0.5, 0.6) is 0 Å². The fourth-order valence-corrected chi connectivity index (χ4v) is 1.88. The van der Waals surface area contributed by atoms with E-state index in [0.717, 1.165) is 0 Å². The zero-order chi connectivity index (χ0) is 9.84. The molecule has 0 atom stereocenters. The van der Waals surface area contributed by atoms with Crippen molar-refractivity contribution in [3.63, 3.8) is 0 Å². The second kappa shape index (κ2) is 4.66. The lowest BCUT2D eigenvalue weighted by Crippen LogP contribution is -1.92. The third kappa shape index (κ3) is 3.39. The summed E-state index contributed by atoms with van der Waals surface area (Å²) in [7, 11) is 0. The first-order valence-electron chi connectivity index (χ1n) is 4.72. The maximum Gasteiger partial charge on any atom is 0.0429 e. The molecule has 0 saturated carbocycles. The van der Waals surface area contributed by atoms with Crippen LogP contribution < -0.4 is 0 Å². The van der Waals surface area contributed by atoms with Gasteiger partial charge in [0.1, 0.15) is 0 Å². The maximum atomic E-state index is 4.41. The molecule has 0 aromatic carbocycles. The van der Waals surface area contributed by atoms with Gasteiger partial charge in [0.05, 0.1) is 0 Å². The Bertz CT molecular complexity index is 251. The predicted octanol–water partition coefficient (Wildman–Crippen LogP) is 3.71. The predicted molar refractivity (Wildman–Crippen MR) is 59.3 cm³/mol. The van der Waals surface area contributed by atoms with E-state index < -0.39 is 0 Å². The van der Waals surface area contributed by atoms with Gasteiger partial charge in [-0.25, -0.2) is 0 Å². The van der Waals surface area contributed by atoms with Crippen LogP contribution >= 0.6 is 11.8 Å². The quantitative estimate of drug-likeness (QED) is 0.682. The normalized spacial score (nSPS) is 11.2. The minimum atomic E-state index is 0.526. The summed E-state index contributed by atoms with van der Waals surface area (Å²) in [6.07, 6.45) is 1.97. The van der Waals surface area contributed by atoms with E-state index in [1.54, 1.807) is 0 Å². The zero-order valence-corrected chi connectivity index (χ0v) is 9.56. The first-order chi connectivity index (χ1) is 6.09. The summed E-state index contributed by atoms with van der Waals surface area (Å²) in [6.45, 7) is 8.72. The Labute approximate surface area is 85.0 Å². The molecule has 0 amide bonds. The highest BCUT2D eigenvalue weighted by molar-refractivity contribution is 7.99. The third-order valence-corrected chi connectivity index (χ3v) is 2.71. The fourth-order valence-electron chi connectivity index (χ4n) is 1.08. The van der Waals surface area contributed by atoms with Crippen molar-refractivity contribution in [1.29, 1.82) is 0 Å². The van der Waals surface area contributed by atoms with E-state index in [9.17, 15) is 0 Å².